The number of aromatic amines is 1. The molecule has 3 heterocycles. The highest BCUT2D eigenvalue weighted by Crippen LogP contribution is 2.37. The zero-order valence-corrected chi connectivity index (χ0v) is 20.4. The van der Waals surface area contributed by atoms with Crippen LogP contribution in [0.15, 0.2) is 27.8 Å². The van der Waals surface area contributed by atoms with Crippen molar-refractivity contribution in [2.75, 3.05) is 35.4 Å². The standard InChI is InChI=1S/C24H31N5O6/c1-13(2)9-28(20-21(25)29(10-14(3)4)24(33)26-22(20)31)23(32)15-7-19(30)27(11-15)16-5-6-17-18(8-16)35-12-34-17/h5-6,8,13-15H,7,9-12,25H2,1-4H3,(H,26,31,33). The van der Waals surface area contributed by atoms with Gasteiger partial charge in [0, 0.05) is 37.8 Å². The molecule has 11 heteroatoms. The number of anilines is 3. The molecule has 4 rings (SSSR count). The Kier molecular flexibility index (Phi) is 6.60. The molecule has 1 aromatic heterocycles. The first-order chi connectivity index (χ1) is 16.6. The smallest absolute Gasteiger partial charge is 0.330 e. The van der Waals surface area contributed by atoms with E-state index in [0.717, 1.165) is 0 Å². The van der Waals surface area contributed by atoms with Gasteiger partial charge in [0.2, 0.25) is 18.6 Å². The highest BCUT2D eigenvalue weighted by Gasteiger charge is 2.39. The summed E-state index contributed by atoms with van der Waals surface area (Å²) in [6.07, 6.45) is -0.00862. The van der Waals surface area contributed by atoms with Crippen molar-refractivity contribution < 1.29 is 19.1 Å². The van der Waals surface area contributed by atoms with E-state index in [2.05, 4.69) is 4.98 Å². The van der Waals surface area contributed by atoms with Gasteiger partial charge in [-0.2, -0.15) is 0 Å². The number of nitrogens with one attached hydrogen (secondary N) is 1. The summed E-state index contributed by atoms with van der Waals surface area (Å²) in [6.45, 7) is 8.42. The molecule has 0 spiro atoms. The van der Waals surface area contributed by atoms with E-state index in [9.17, 15) is 19.2 Å². The van der Waals surface area contributed by atoms with E-state index in [1.54, 1.807) is 18.2 Å². The van der Waals surface area contributed by atoms with E-state index in [1.165, 1.54) is 14.4 Å². The quantitative estimate of drug-likeness (QED) is 0.606. The Morgan fingerprint density at radius 3 is 2.54 bits per heavy atom. The molecule has 1 saturated heterocycles. The molecule has 11 nitrogen and oxygen atoms in total. The Labute approximate surface area is 202 Å². The van der Waals surface area contributed by atoms with Gasteiger partial charge in [-0.3, -0.25) is 23.9 Å². The molecule has 1 fully saturated rings. The number of carbonyl (C=O) groups is 2. The summed E-state index contributed by atoms with van der Waals surface area (Å²) in [6, 6.07) is 5.18. The topological polar surface area (TPSA) is 140 Å². The molecular formula is C24H31N5O6. The summed E-state index contributed by atoms with van der Waals surface area (Å²) in [5.41, 5.74) is 5.49. The Morgan fingerprint density at radius 2 is 1.86 bits per heavy atom. The van der Waals surface area contributed by atoms with Gasteiger partial charge in [0.1, 0.15) is 5.82 Å². The first-order valence-electron chi connectivity index (χ1n) is 11.7. The number of H-pyrrole nitrogens is 1. The number of nitrogens with two attached hydrogens (primary N) is 1. The van der Waals surface area contributed by atoms with Crippen LogP contribution in [-0.4, -0.2) is 41.2 Å². The highest BCUT2D eigenvalue weighted by atomic mass is 16.7. The first-order valence-corrected chi connectivity index (χ1v) is 11.7. The molecule has 2 aliphatic heterocycles. The summed E-state index contributed by atoms with van der Waals surface area (Å²) in [7, 11) is 0. The zero-order valence-electron chi connectivity index (χ0n) is 20.4. The number of hydrogen-bond donors (Lipinski definition) is 2. The summed E-state index contributed by atoms with van der Waals surface area (Å²) < 4.78 is 12.0. The molecule has 0 saturated carbocycles. The molecule has 35 heavy (non-hydrogen) atoms. The molecule has 188 valence electrons. The number of nitrogen functional groups attached to an aromatic ring is 1. The number of fused-ring (bicyclic) bond motifs is 1. The van der Waals surface area contributed by atoms with E-state index in [-0.39, 0.29) is 68.0 Å². The van der Waals surface area contributed by atoms with Gasteiger partial charge in [0.25, 0.3) is 5.56 Å². The molecule has 3 N–H and O–H groups in total. The van der Waals surface area contributed by atoms with E-state index >= 15 is 0 Å². The van der Waals surface area contributed by atoms with Crippen molar-refractivity contribution in [2.24, 2.45) is 17.8 Å². The van der Waals surface area contributed by atoms with Crippen LogP contribution in [0, 0.1) is 17.8 Å². The van der Waals surface area contributed by atoms with Crippen LogP contribution in [0.3, 0.4) is 0 Å². The predicted molar refractivity (Wildman–Crippen MR) is 131 cm³/mol. The molecule has 2 amide bonds. The van der Waals surface area contributed by atoms with Crippen molar-refractivity contribution >= 4 is 29.0 Å². The van der Waals surface area contributed by atoms with E-state index in [1.807, 2.05) is 27.7 Å². The van der Waals surface area contributed by atoms with Gasteiger partial charge in [-0.25, -0.2) is 4.79 Å². The minimum absolute atomic E-state index is 0.00490. The maximum absolute atomic E-state index is 13.7. The first kappa shape index (κ1) is 24.4. The molecule has 1 atom stereocenters. The lowest BCUT2D eigenvalue weighted by atomic mass is 10.1. The van der Waals surface area contributed by atoms with Crippen LogP contribution >= 0.6 is 0 Å². The van der Waals surface area contributed by atoms with Crippen LogP contribution < -0.4 is 36.3 Å². The minimum Gasteiger partial charge on any atom is -0.454 e. The second-order valence-corrected chi connectivity index (χ2v) is 9.78. The van der Waals surface area contributed by atoms with Crippen molar-refractivity contribution in [3.8, 4) is 11.5 Å². The number of carbonyl (C=O) groups excluding carboxylic acids is 2. The van der Waals surface area contributed by atoms with Gasteiger partial charge in [-0.05, 0) is 24.0 Å². The fourth-order valence-corrected chi connectivity index (χ4v) is 4.44. The van der Waals surface area contributed by atoms with Gasteiger partial charge in [0.15, 0.2) is 17.2 Å². The molecule has 0 aliphatic carbocycles. The lowest BCUT2D eigenvalue weighted by Crippen LogP contribution is -2.45. The normalized spacial score (nSPS) is 17.0. The lowest BCUT2D eigenvalue weighted by molar-refractivity contribution is -0.124. The van der Waals surface area contributed by atoms with Crippen LogP contribution in [0.4, 0.5) is 17.2 Å². The van der Waals surface area contributed by atoms with Crippen LogP contribution in [0.1, 0.15) is 34.1 Å². The maximum atomic E-state index is 13.7. The monoisotopic (exact) mass is 485 g/mol. The second kappa shape index (κ2) is 9.47. The third-order valence-electron chi connectivity index (χ3n) is 5.99. The number of aromatic nitrogens is 2. The van der Waals surface area contributed by atoms with Crippen LogP contribution in [0.5, 0.6) is 11.5 Å². The van der Waals surface area contributed by atoms with Gasteiger partial charge in [-0.15, -0.1) is 0 Å². The number of hydrogen-bond acceptors (Lipinski definition) is 7. The van der Waals surface area contributed by atoms with Crippen LogP contribution in [0.25, 0.3) is 0 Å². The summed E-state index contributed by atoms with van der Waals surface area (Å²) >= 11 is 0. The van der Waals surface area contributed by atoms with E-state index < -0.39 is 17.2 Å². The van der Waals surface area contributed by atoms with Crippen LogP contribution in [0.2, 0.25) is 0 Å². The Bertz CT molecular complexity index is 1260. The fourth-order valence-electron chi connectivity index (χ4n) is 4.44. The summed E-state index contributed by atoms with van der Waals surface area (Å²) in [4.78, 5) is 57.0. The van der Waals surface area contributed by atoms with Crippen molar-refractivity contribution in [3.63, 3.8) is 0 Å². The van der Waals surface area contributed by atoms with E-state index in [0.29, 0.717) is 17.2 Å². The molecule has 1 aromatic carbocycles. The van der Waals surface area contributed by atoms with Crippen molar-refractivity contribution in [2.45, 2.75) is 40.7 Å². The minimum atomic E-state index is -0.724. The van der Waals surface area contributed by atoms with Gasteiger partial charge < -0.3 is 25.0 Å². The Hall–Kier alpha value is -3.76. The summed E-state index contributed by atoms with van der Waals surface area (Å²) in [5.74, 6) is -0.105. The molecule has 2 aliphatic rings. The third-order valence-corrected chi connectivity index (χ3v) is 5.99. The van der Waals surface area contributed by atoms with E-state index in [4.69, 9.17) is 15.2 Å². The maximum Gasteiger partial charge on any atom is 0.330 e. The zero-order chi connectivity index (χ0) is 25.4. The molecule has 0 bridgehead atoms. The fraction of sp³-hybridized carbons (Fsp3) is 0.500. The SMILES string of the molecule is CC(C)CN(C(=O)C1CC(=O)N(c2ccc3c(c2)OCO3)C1)c1c(N)n(CC(C)C)c(=O)[nH]c1=O. The third kappa shape index (κ3) is 4.75. The lowest BCUT2D eigenvalue weighted by Gasteiger charge is -2.28. The largest absolute Gasteiger partial charge is 0.454 e. The average Bonchev–Trinajstić information content (AvgIpc) is 3.40. The second-order valence-electron chi connectivity index (χ2n) is 9.78. The van der Waals surface area contributed by atoms with Gasteiger partial charge in [-0.1, -0.05) is 27.7 Å². The van der Waals surface area contributed by atoms with Crippen molar-refractivity contribution in [1.29, 1.82) is 0 Å². The number of nitrogens with zero attached hydrogens (tertiary/aromatic N) is 3. The highest BCUT2D eigenvalue weighted by molar-refractivity contribution is 6.05. The average molecular weight is 486 g/mol. The van der Waals surface area contributed by atoms with Crippen molar-refractivity contribution in [1.82, 2.24) is 9.55 Å². The molecule has 2 aromatic rings. The number of ether oxygens (including phenoxy) is 2. The predicted octanol–water partition coefficient (Wildman–Crippen LogP) is 1.55. The summed E-state index contributed by atoms with van der Waals surface area (Å²) in [5, 5.41) is 0. The number of benzene rings is 1. The Balaban J connectivity index is 1.66. The Morgan fingerprint density at radius 1 is 1.14 bits per heavy atom. The molecule has 1 unspecified atom stereocenters. The number of amides is 2. The number of rotatable bonds is 7. The van der Waals surface area contributed by atoms with Crippen LogP contribution in [-0.2, 0) is 16.1 Å². The van der Waals surface area contributed by atoms with Gasteiger partial charge >= 0.3 is 5.69 Å². The van der Waals surface area contributed by atoms with Crippen molar-refractivity contribution in [3.05, 3.63) is 39.0 Å². The van der Waals surface area contributed by atoms with Gasteiger partial charge in [0.05, 0.1) is 5.92 Å². The molecule has 0 radical (unpaired) electrons. The molecular weight excluding hydrogens is 454 g/mol.